The fraction of sp³-hybridized carbons (Fsp3) is 0.312. The molecule has 0 saturated carbocycles. The van der Waals surface area contributed by atoms with Crippen molar-refractivity contribution in [1.29, 1.82) is 0 Å². The van der Waals surface area contributed by atoms with Crippen molar-refractivity contribution in [1.82, 2.24) is 4.31 Å². The fourth-order valence-corrected chi connectivity index (χ4v) is 4.97. The molecule has 0 saturated heterocycles. The van der Waals surface area contributed by atoms with E-state index in [-0.39, 0.29) is 12.3 Å². The van der Waals surface area contributed by atoms with Crippen molar-refractivity contribution in [2.45, 2.75) is 24.0 Å². The van der Waals surface area contributed by atoms with E-state index < -0.39 is 10.0 Å². The van der Waals surface area contributed by atoms with E-state index in [9.17, 15) is 13.2 Å². The maximum absolute atomic E-state index is 12.3. The predicted molar refractivity (Wildman–Crippen MR) is 106 cm³/mol. The standard InChI is InChI=1S/C16H19IN2O3S2/c1-12-7-8-13(11-14(12)17)18-15(20)5-3-9-19(2)24(21,22)16-6-4-10-23-16/h4,6-8,10-11H,3,5,9H2,1-2H3,(H,18,20). The average Bonchev–Trinajstić information content (AvgIpc) is 3.06. The molecule has 1 N–H and O–H groups in total. The number of hydrogen-bond donors (Lipinski definition) is 1. The lowest BCUT2D eigenvalue weighted by atomic mass is 10.2. The molecule has 1 aromatic carbocycles. The number of aryl methyl sites for hydroxylation is 1. The molecule has 5 nitrogen and oxygen atoms in total. The van der Waals surface area contributed by atoms with E-state index >= 15 is 0 Å². The number of anilines is 1. The Morgan fingerprint density at radius 3 is 2.71 bits per heavy atom. The summed E-state index contributed by atoms with van der Waals surface area (Å²) in [6, 6.07) is 9.03. The second-order valence-electron chi connectivity index (χ2n) is 5.37. The van der Waals surface area contributed by atoms with Crippen LogP contribution in [0.25, 0.3) is 0 Å². The van der Waals surface area contributed by atoms with Crippen LogP contribution in [0.4, 0.5) is 5.69 Å². The van der Waals surface area contributed by atoms with Crippen LogP contribution in [0.15, 0.2) is 39.9 Å². The molecule has 2 aromatic rings. The lowest BCUT2D eigenvalue weighted by Gasteiger charge is -2.15. The maximum Gasteiger partial charge on any atom is 0.252 e. The highest BCUT2D eigenvalue weighted by Crippen LogP contribution is 2.20. The zero-order chi connectivity index (χ0) is 17.7. The monoisotopic (exact) mass is 478 g/mol. The van der Waals surface area contributed by atoms with E-state index in [1.165, 1.54) is 22.7 Å². The molecule has 1 amide bonds. The van der Waals surface area contributed by atoms with Crippen LogP contribution in [0.2, 0.25) is 0 Å². The van der Waals surface area contributed by atoms with Crippen molar-refractivity contribution in [2.24, 2.45) is 0 Å². The van der Waals surface area contributed by atoms with Crippen LogP contribution in [0.3, 0.4) is 0 Å². The Bertz CT molecular complexity index is 805. The van der Waals surface area contributed by atoms with Gasteiger partial charge in [-0.05, 0) is 65.1 Å². The van der Waals surface area contributed by atoms with Gasteiger partial charge in [-0.3, -0.25) is 4.79 Å². The Morgan fingerprint density at radius 2 is 2.08 bits per heavy atom. The van der Waals surface area contributed by atoms with Gasteiger partial charge >= 0.3 is 0 Å². The SMILES string of the molecule is Cc1ccc(NC(=O)CCCN(C)S(=O)(=O)c2cccs2)cc1I. The first kappa shape index (κ1) is 19.4. The Kier molecular flexibility index (Phi) is 6.79. The van der Waals surface area contributed by atoms with Gasteiger partial charge in [-0.1, -0.05) is 12.1 Å². The first-order valence-electron chi connectivity index (χ1n) is 7.36. The van der Waals surface area contributed by atoms with Crippen LogP contribution in [0.1, 0.15) is 18.4 Å². The van der Waals surface area contributed by atoms with Gasteiger partial charge in [0.05, 0.1) is 0 Å². The number of amides is 1. The minimum atomic E-state index is -3.44. The summed E-state index contributed by atoms with van der Waals surface area (Å²) in [5.41, 5.74) is 1.92. The van der Waals surface area contributed by atoms with Gasteiger partial charge in [0.1, 0.15) is 4.21 Å². The zero-order valence-electron chi connectivity index (χ0n) is 13.5. The van der Waals surface area contributed by atoms with E-state index in [4.69, 9.17) is 0 Å². The number of carbonyl (C=O) groups is 1. The van der Waals surface area contributed by atoms with Gasteiger partial charge in [-0.2, -0.15) is 0 Å². The lowest BCUT2D eigenvalue weighted by Crippen LogP contribution is -2.28. The molecule has 0 bridgehead atoms. The van der Waals surface area contributed by atoms with Gasteiger partial charge in [0.15, 0.2) is 0 Å². The number of benzene rings is 1. The molecule has 0 unspecified atom stereocenters. The zero-order valence-corrected chi connectivity index (χ0v) is 17.2. The predicted octanol–water partition coefficient (Wildman–Crippen LogP) is 3.70. The largest absolute Gasteiger partial charge is 0.326 e. The van der Waals surface area contributed by atoms with Crippen LogP contribution >= 0.6 is 33.9 Å². The second kappa shape index (κ2) is 8.41. The maximum atomic E-state index is 12.3. The van der Waals surface area contributed by atoms with Crippen LogP contribution in [0, 0.1) is 10.5 Å². The first-order valence-corrected chi connectivity index (χ1v) is 10.8. The highest BCUT2D eigenvalue weighted by Gasteiger charge is 2.21. The molecule has 2 rings (SSSR count). The molecular formula is C16H19IN2O3S2. The number of carbonyl (C=O) groups excluding carboxylic acids is 1. The van der Waals surface area contributed by atoms with Gasteiger partial charge in [-0.25, -0.2) is 12.7 Å². The first-order chi connectivity index (χ1) is 11.3. The quantitative estimate of drug-likeness (QED) is 0.618. The van der Waals surface area contributed by atoms with E-state index in [0.29, 0.717) is 17.2 Å². The van der Waals surface area contributed by atoms with E-state index in [0.717, 1.165) is 14.8 Å². The van der Waals surface area contributed by atoms with Crippen molar-refractivity contribution in [3.8, 4) is 0 Å². The normalized spacial score (nSPS) is 11.7. The van der Waals surface area contributed by atoms with E-state index in [1.807, 2.05) is 25.1 Å². The molecule has 130 valence electrons. The molecule has 0 aliphatic heterocycles. The smallest absolute Gasteiger partial charge is 0.252 e. The van der Waals surface area contributed by atoms with Crippen LogP contribution in [-0.2, 0) is 14.8 Å². The second-order valence-corrected chi connectivity index (χ2v) is 9.76. The number of halogens is 1. The van der Waals surface area contributed by atoms with E-state index in [2.05, 4.69) is 27.9 Å². The molecule has 1 aromatic heterocycles. The Morgan fingerprint density at radius 1 is 1.33 bits per heavy atom. The molecule has 0 aliphatic carbocycles. The van der Waals surface area contributed by atoms with Crippen LogP contribution < -0.4 is 5.32 Å². The molecule has 0 aliphatic rings. The molecule has 0 atom stereocenters. The fourth-order valence-electron chi connectivity index (χ4n) is 2.04. The van der Waals surface area contributed by atoms with Gasteiger partial charge in [0, 0.05) is 29.3 Å². The van der Waals surface area contributed by atoms with Crippen molar-refractivity contribution in [2.75, 3.05) is 18.9 Å². The minimum absolute atomic E-state index is 0.114. The summed E-state index contributed by atoms with van der Waals surface area (Å²) in [6.45, 7) is 2.32. The van der Waals surface area contributed by atoms with Crippen molar-refractivity contribution < 1.29 is 13.2 Å². The van der Waals surface area contributed by atoms with Gasteiger partial charge in [0.2, 0.25) is 5.91 Å². The van der Waals surface area contributed by atoms with Gasteiger partial charge in [-0.15, -0.1) is 11.3 Å². The average molecular weight is 478 g/mol. The van der Waals surface area contributed by atoms with Crippen molar-refractivity contribution in [3.63, 3.8) is 0 Å². The summed E-state index contributed by atoms with van der Waals surface area (Å²) in [5, 5.41) is 4.57. The summed E-state index contributed by atoms with van der Waals surface area (Å²) >= 11 is 3.42. The molecule has 0 fully saturated rings. The summed E-state index contributed by atoms with van der Waals surface area (Å²) in [4.78, 5) is 12.0. The number of hydrogen-bond acceptors (Lipinski definition) is 4. The number of nitrogens with one attached hydrogen (secondary N) is 1. The minimum Gasteiger partial charge on any atom is -0.326 e. The summed E-state index contributed by atoms with van der Waals surface area (Å²) in [7, 11) is -1.91. The topological polar surface area (TPSA) is 66.5 Å². The van der Waals surface area contributed by atoms with Crippen molar-refractivity contribution in [3.05, 3.63) is 44.8 Å². The number of nitrogens with zero attached hydrogens (tertiary/aromatic N) is 1. The molecule has 1 heterocycles. The Hall–Kier alpha value is -0.970. The summed E-state index contributed by atoms with van der Waals surface area (Å²) in [6.07, 6.45) is 0.741. The van der Waals surface area contributed by atoms with E-state index in [1.54, 1.807) is 17.5 Å². The van der Waals surface area contributed by atoms with Gasteiger partial charge in [0.25, 0.3) is 10.0 Å². The third kappa shape index (κ3) is 5.01. The van der Waals surface area contributed by atoms with Crippen LogP contribution in [-0.4, -0.2) is 32.2 Å². The summed E-state index contributed by atoms with van der Waals surface area (Å²) in [5.74, 6) is -0.114. The molecular weight excluding hydrogens is 459 g/mol. The highest BCUT2D eigenvalue weighted by atomic mass is 127. The number of rotatable bonds is 7. The number of sulfonamides is 1. The molecule has 24 heavy (non-hydrogen) atoms. The Balaban J connectivity index is 1.83. The molecule has 8 heteroatoms. The van der Waals surface area contributed by atoms with Gasteiger partial charge < -0.3 is 5.32 Å². The number of thiophene rings is 1. The third-order valence-corrected chi connectivity index (χ3v) is 7.88. The van der Waals surface area contributed by atoms with Crippen LogP contribution in [0.5, 0.6) is 0 Å². The third-order valence-electron chi connectivity index (χ3n) is 3.49. The lowest BCUT2D eigenvalue weighted by molar-refractivity contribution is -0.116. The molecule has 0 radical (unpaired) electrons. The summed E-state index contributed by atoms with van der Waals surface area (Å²) < 4.78 is 27.2. The highest BCUT2D eigenvalue weighted by molar-refractivity contribution is 14.1. The Labute approximate surface area is 160 Å². The molecule has 0 spiro atoms. The van der Waals surface area contributed by atoms with Crippen molar-refractivity contribution >= 4 is 55.5 Å².